The summed E-state index contributed by atoms with van der Waals surface area (Å²) in [6.07, 6.45) is 0.801. The first-order chi connectivity index (χ1) is 9.20. The molecule has 1 aromatic carbocycles. The molecular weight excluding hydrogens is 242 g/mol. The maximum atomic E-state index is 12.2. The third kappa shape index (κ3) is 3.42. The number of carbonyl (C=O) groups is 1. The van der Waals surface area contributed by atoms with E-state index in [0.717, 1.165) is 24.2 Å². The number of amides is 1. The molecule has 19 heavy (non-hydrogen) atoms. The number of anilines is 1. The summed E-state index contributed by atoms with van der Waals surface area (Å²) in [7, 11) is 1.89. The van der Waals surface area contributed by atoms with E-state index in [2.05, 4.69) is 15.8 Å². The number of aryl methyl sites for hydroxylation is 1. The van der Waals surface area contributed by atoms with Crippen LogP contribution in [0.4, 0.5) is 5.88 Å². The van der Waals surface area contributed by atoms with Gasteiger partial charge < -0.3 is 9.84 Å². The van der Waals surface area contributed by atoms with Gasteiger partial charge in [0.1, 0.15) is 0 Å². The third-order valence-corrected chi connectivity index (χ3v) is 2.77. The molecule has 5 heteroatoms. The normalized spacial score (nSPS) is 10.4. The first-order valence-corrected chi connectivity index (χ1v) is 6.18. The molecule has 0 saturated carbocycles. The van der Waals surface area contributed by atoms with Gasteiger partial charge in [-0.15, -0.1) is 0 Å². The Bertz CT molecular complexity index is 563. The van der Waals surface area contributed by atoms with Gasteiger partial charge in [0.25, 0.3) is 5.91 Å². The molecule has 0 aliphatic rings. The van der Waals surface area contributed by atoms with Gasteiger partial charge in [0, 0.05) is 11.6 Å². The van der Waals surface area contributed by atoms with E-state index in [-0.39, 0.29) is 5.91 Å². The minimum Gasteiger partial charge on any atom is -0.338 e. The van der Waals surface area contributed by atoms with E-state index < -0.39 is 0 Å². The number of nitrogens with zero attached hydrogens (tertiary/aromatic N) is 1. The number of carbonyl (C=O) groups excluding carboxylic acids is 1. The quantitative estimate of drug-likeness (QED) is 0.861. The van der Waals surface area contributed by atoms with Gasteiger partial charge in [-0.05, 0) is 38.6 Å². The van der Waals surface area contributed by atoms with Crippen LogP contribution < -0.4 is 10.6 Å². The number of hydrogen-bond acceptors (Lipinski definition) is 4. The first kappa shape index (κ1) is 13.3. The molecule has 0 aliphatic heterocycles. The molecule has 2 aromatic rings. The summed E-state index contributed by atoms with van der Waals surface area (Å²) < 4.78 is 4.98. The van der Waals surface area contributed by atoms with Crippen molar-refractivity contribution in [3.05, 3.63) is 47.2 Å². The van der Waals surface area contributed by atoms with Crippen LogP contribution in [0.2, 0.25) is 0 Å². The fraction of sp³-hybridized carbons (Fsp3) is 0.286. The molecule has 1 aromatic heterocycles. The molecule has 0 radical (unpaired) electrons. The van der Waals surface area contributed by atoms with Crippen LogP contribution in [0.25, 0.3) is 0 Å². The number of hydrogen-bond donors (Lipinski definition) is 2. The molecule has 0 bridgehead atoms. The van der Waals surface area contributed by atoms with Gasteiger partial charge in [-0.25, -0.2) is 0 Å². The zero-order chi connectivity index (χ0) is 13.7. The minimum atomic E-state index is -0.178. The van der Waals surface area contributed by atoms with Crippen molar-refractivity contribution in [2.45, 2.75) is 13.3 Å². The molecule has 1 heterocycles. The van der Waals surface area contributed by atoms with Crippen molar-refractivity contribution < 1.29 is 9.32 Å². The molecule has 2 N–H and O–H groups in total. The molecule has 0 saturated heterocycles. The lowest BCUT2D eigenvalue weighted by Gasteiger charge is -2.08. The van der Waals surface area contributed by atoms with E-state index in [1.54, 1.807) is 13.0 Å². The number of nitrogens with one attached hydrogen (secondary N) is 2. The van der Waals surface area contributed by atoms with E-state index in [4.69, 9.17) is 4.52 Å². The highest BCUT2D eigenvalue weighted by Gasteiger charge is 2.12. The van der Waals surface area contributed by atoms with Crippen molar-refractivity contribution in [3.63, 3.8) is 0 Å². The highest BCUT2D eigenvalue weighted by Crippen LogP contribution is 2.14. The molecule has 0 atom stereocenters. The van der Waals surface area contributed by atoms with Crippen molar-refractivity contribution >= 4 is 11.8 Å². The summed E-state index contributed by atoms with van der Waals surface area (Å²) >= 11 is 0. The van der Waals surface area contributed by atoms with Gasteiger partial charge in [0.15, 0.2) is 0 Å². The van der Waals surface area contributed by atoms with Crippen LogP contribution in [0.1, 0.15) is 21.6 Å². The fourth-order valence-electron chi connectivity index (χ4n) is 1.82. The SMILES string of the molecule is CNCCc1ccccc1C(=O)Nc1cc(C)no1. The van der Waals surface area contributed by atoms with Crippen LogP contribution in [-0.4, -0.2) is 24.7 Å². The Morgan fingerprint density at radius 1 is 1.37 bits per heavy atom. The summed E-state index contributed by atoms with van der Waals surface area (Å²) in [5.74, 6) is 0.189. The summed E-state index contributed by atoms with van der Waals surface area (Å²) in [5, 5.41) is 9.52. The molecule has 5 nitrogen and oxygen atoms in total. The molecule has 0 aliphatic carbocycles. The van der Waals surface area contributed by atoms with E-state index in [0.29, 0.717) is 11.4 Å². The van der Waals surface area contributed by atoms with Gasteiger partial charge >= 0.3 is 0 Å². The largest absolute Gasteiger partial charge is 0.338 e. The number of benzene rings is 1. The highest BCUT2D eigenvalue weighted by molar-refractivity contribution is 6.04. The van der Waals surface area contributed by atoms with E-state index in [9.17, 15) is 4.79 Å². The van der Waals surface area contributed by atoms with Crippen LogP contribution in [0, 0.1) is 6.92 Å². The Kier molecular flexibility index (Phi) is 4.30. The van der Waals surface area contributed by atoms with Crippen LogP contribution in [0.3, 0.4) is 0 Å². The van der Waals surface area contributed by atoms with E-state index in [1.807, 2.05) is 31.3 Å². The van der Waals surface area contributed by atoms with Crippen molar-refractivity contribution in [2.24, 2.45) is 0 Å². The maximum absolute atomic E-state index is 12.2. The van der Waals surface area contributed by atoms with Crippen molar-refractivity contribution in [1.29, 1.82) is 0 Å². The predicted octanol–water partition coefficient (Wildman–Crippen LogP) is 2.00. The zero-order valence-corrected chi connectivity index (χ0v) is 11.1. The molecule has 100 valence electrons. The lowest BCUT2D eigenvalue weighted by Crippen LogP contribution is -2.17. The first-order valence-electron chi connectivity index (χ1n) is 6.18. The van der Waals surface area contributed by atoms with Crippen molar-refractivity contribution in [1.82, 2.24) is 10.5 Å². The summed E-state index contributed by atoms with van der Waals surface area (Å²) in [4.78, 5) is 12.2. The number of rotatable bonds is 5. The molecule has 0 spiro atoms. The molecule has 0 unspecified atom stereocenters. The second-order valence-corrected chi connectivity index (χ2v) is 4.30. The summed E-state index contributed by atoms with van der Waals surface area (Å²) in [5.41, 5.74) is 2.40. The summed E-state index contributed by atoms with van der Waals surface area (Å²) in [6.45, 7) is 2.63. The third-order valence-electron chi connectivity index (χ3n) is 2.77. The molecule has 2 rings (SSSR count). The fourth-order valence-corrected chi connectivity index (χ4v) is 1.82. The van der Waals surface area contributed by atoms with Gasteiger partial charge in [0.2, 0.25) is 5.88 Å². The van der Waals surface area contributed by atoms with E-state index in [1.165, 1.54) is 0 Å². The van der Waals surface area contributed by atoms with Gasteiger partial charge in [-0.1, -0.05) is 23.4 Å². The number of aromatic nitrogens is 1. The van der Waals surface area contributed by atoms with Gasteiger partial charge in [-0.3, -0.25) is 10.1 Å². The van der Waals surface area contributed by atoms with Gasteiger partial charge in [0.05, 0.1) is 5.69 Å². The Hall–Kier alpha value is -2.14. The Balaban J connectivity index is 2.14. The predicted molar refractivity (Wildman–Crippen MR) is 73.3 cm³/mol. The smallest absolute Gasteiger partial charge is 0.258 e. The van der Waals surface area contributed by atoms with Crippen LogP contribution in [0.5, 0.6) is 0 Å². The minimum absolute atomic E-state index is 0.178. The lowest BCUT2D eigenvalue weighted by atomic mass is 10.0. The summed E-state index contributed by atoms with van der Waals surface area (Å²) in [6, 6.07) is 9.24. The molecule has 0 fully saturated rings. The Labute approximate surface area is 112 Å². The average molecular weight is 259 g/mol. The monoisotopic (exact) mass is 259 g/mol. The number of likely N-dealkylation sites (N-methyl/N-ethyl adjacent to an activating group) is 1. The highest BCUT2D eigenvalue weighted by atomic mass is 16.5. The molecular formula is C14H17N3O2. The zero-order valence-electron chi connectivity index (χ0n) is 11.1. The Morgan fingerprint density at radius 2 is 2.16 bits per heavy atom. The molecule has 1 amide bonds. The van der Waals surface area contributed by atoms with Crippen LogP contribution >= 0.6 is 0 Å². The van der Waals surface area contributed by atoms with Crippen LogP contribution in [-0.2, 0) is 6.42 Å². The van der Waals surface area contributed by atoms with Crippen molar-refractivity contribution in [2.75, 3.05) is 18.9 Å². The second kappa shape index (κ2) is 6.15. The lowest BCUT2D eigenvalue weighted by molar-refractivity contribution is 0.102. The average Bonchev–Trinajstić information content (AvgIpc) is 2.82. The van der Waals surface area contributed by atoms with Gasteiger partial charge in [-0.2, -0.15) is 0 Å². The maximum Gasteiger partial charge on any atom is 0.258 e. The van der Waals surface area contributed by atoms with Crippen molar-refractivity contribution in [3.8, 4) is 0 Å². The standard InChI is InChI=1S/C14H17N3O2/c1-10-9-13(19-17-10)16-14(18)12-6-4-3-5-11(12)7-8-15-2/h3-6,9,15H,7-8H2,1-2H3,(H,16,18). The van der Waals surface area contributed by atoms with Crippen LogP contribution in [0.15, 0.2) is 34.9 Å². The van der Waals surface area contributed by atoms with E-state index >= 15 is 0 Å². The topological polar surface area (TPSA) is 67.2 Å². The Morgan fingerprint density at radius 3 is 2.84 bits per heavy atom. The second-order valence-electron chi connectivity index (χ2n) is 4.30.